The van der Waals surface area contributed by atoms with E-state index in [1.165, 1.54) is 18.3 Å². The monoisotopic (exact) mass is 435 g/mol. The smallest absolute Gasteiger partial charge is 0.254 e. The average molecular weight is 437 g/mol. The van der Waals surface area contributed by atoms with E-state index >= 15 is 0 Å². The van der Waals surface area contributed by atoms with Gasteiger partial charge >= 0.3 is 0 Å². The van der Waals surface area contributed by atoms with Crippen molar-refractivity contribution < 1.29 is 9.18 Å². The summed E-state index contributed by atoms with van der Waals surface area (Å²) in [6.45, 7) is 0. The first kappa shape index (κ1) is 18.3. The van der Waals surface area contributed by atoms with Crippen molar-refractivity contribution in [2.45, 2.75) is 6.42 Å². The van der Waals surface area contributed by atoms with Gasteiger partial charge in [-0.3, -0.25) is 9.59 Å². The number of amides is 1. The van der Waals surface area contributed by atoms with E-state index in [2.05, 4.69) is 31.2 Å². The molecule has 1 heterocycles. The quantitative estimate of drug-likeness (QED) is 0.644. The Bertz CT molecular complexity index is 1020. The van der Waals surface area contributed by atoms with Crippen molar-refractivity contribution in [2.24, 2.45) is 0 Å². The van der Waals surface area contributed by atoms with Gasteiger partial charge in [-0.1, -0.05) is 27.5 Å². The number of aromatic nitrogens is 2. The summed E-state index contributed by atoms with van der Waals surface area (Å²) < 4.78 is 14.3. The van der Waals surface area contributed by atoms with Crippen LogP contribution in [0.15, 0.2) is 57.9 Å². The molecular formula is C18H12BrClFN3O2. The van der Waals surface area contributed by atoms with E-state index in [1.54, 1.807) is 30.3 Å². The highest BCUT2D eigenvalue weighted by atomic mass is 79.9. The van der Waals surface area contributed by atoms with Gasteiger partial charge < -0.3 is 10.3 Å². The second kappa shape index (κ2) is 7.80. The van der Waals surface area contributed by atoms with Crippen LogP contribution in [0.1, 0.15) is 5.56 Å². The molecule has 26 heavy (non-hydrogen) atoms. The molecule has 5 nitrogen and oxygen atoms in total. The van der Waals surface area contributed by atoms with E-state index in [9.17, 15) is 14.0 Å². The normalized spacial score (nSPS) is 10.6. The summed E-state index contributed by atoms with van der Waals surface area (Å²) >= 11 is 8.98. The Balaban J connectivity index is 1.74. The SMILES string of the molecule is O=C(Cc1cnc(-c2ccc(Cl)cc2)[nH]c1=O)Nc1ccc(Br)cc1F. The Kier molecular flexibility index (Phi) is 5.49. The molecule has 2 N–H and O–H groups in total. The molecule has 0 aliphatic heterocycles. The van der Waals surface area contributed by atoms with Crippen LogP contribution in [-0.4, -0.2) is 15.9 Å². The minimum absolute atomic E-state index is 0.0420. The lowest BCUT2D eigenvalue weighted by Crippen LogP contribution is -2.22. The van der Waals surface area contributed by atoms with Crippen LogP contribution >= 0.6 is 27.5 Å². The van der Waals surface area contributed by atoms with Crippen LogP contribution < -0.4 is 10.9 Å². The number of carbonyl (C=O) groups excluding carboxylic acids is 1. The maximum absolute atomic E-state index is 13.8. The largest absolute Gasteiger partial charge is 0.323 e. The standard InChI is InChI=1S/C18H12BrClFN3O2/c19-12-3-6-15(14(21)8-12)23-16(25)7-11-9-22-17(24-18(11)26)10-1-4-13(20)5-2-10/h1-6,8-9H,7H2,(H,23,25)(H,22,24,26). The summed E-state index contributed by atoms with van der Waals surface area (Å²) in [5, 5.41) is 3.01. The molecule has 0 saturated carbocycles. The van der Waals surface area contributed by atoms with Gasteiger partial charge in [-0.25, -0.2) is 9.37 Å². The molecule has 3 rings (SSSR count). The summed E-state index contributed by atoms with van der Waals surface area (Å²) in [5.74, 6) is -0.717. The van der Waals surface area contributed by atoms with Gasteiger partial charge in [0.25, 0.3) is 5.56 Å². The fourth-order valence-corrected chi connectivity index (χ4v) is 2.72. The fourth-order valence-electron chi connectivity index (χ4n) is 2.26. The molecule has 132 valence electrons. The zero-order valence-electron chi connectivity index (χ0n) is 13.2. The number of rotatable bonds is 4. The van der Waals surface area contributed by atoms with Gasteiger partial charge in [0, 0.05) is 26.8 Å². The summed E-state index contributed by atoms with van der Waals surface area (Å²) in [6, 6.07) is 11.1. The third kappa shape index (κ3) is 4.36. The van der Waals surface area contributed by atoms with Crippen molar-refractivity contribution >= 4 is 39.1 Å². The van der Waals surface area contributed by atoms with E-state index in [1.807, 2.05) is 0 Å². The Morgan fingerprint density at radius 1 is 1.23 bits per heavy atom. The molecule has 0 atom stereocenters. The molecule has 0 aliphatic carbocycles. The first-order chi connectivity index (χ1) is 12.4. The minimum atomic E-state index is -0.571. The molecule has 0 aliphatic rings. The Morgan fingerprint density at radius 2 is 1.96 bits per heavy atom. The molecule has 0 bridgehead atoms. The number of hydrogen-bond donors (Lipinski definition) is 2. The summed E-state index contributed by atoms with van der Waals surface area (Å²) in [4.78, 5) is 31.1. The number of H-pyrrole nitrogens is 1. The molecule has 0 radical (unpaired) electrons. The van der Waals surface area contributed by atoms with E-state index in [-0.39, 0.29) is 17.7 Å². The summed E-state index contributed by atoms with van der Waals surface area (Å²) in [6.07, 6.45) is 1.11. The van der Waals surface area contributed by atoms with Crippen LogP contribution in [0, 0.1) is 5.82 Å². The topological polar surface area (TPSA) is 74.8 Å². The zero-order chi connectivity index (χ0) is 18.7. The van der Waals surface area contributed by atoms with Gasteiger partial charge in [-0.2, -0.15) is 0 Å². The predicted octanol–water partition coefficient (Wildman–Crippen LogP) is 4.17. The van der Waals surface area contributed by atoms with Gasteiger partial charge in [0.1, 0.15) is 11.6 Å². The van der Waals surface area contributed by atoms with Gasteiger partial charge in [-0.05, 0) is 42.5 Å². The molecule has 8 heteroatoms. The molecule has 3 aromatic rings. The molecule has 1 amide bonds. The maximum Gasteiger partial charge on any atom is 0.254 e. The number of halogens is 3. The van der Waals surface area contributed by atoms with Crippen molar-refractivity contribution in [3.63, 3.8) is 0 Å². The highest BCUT2D eigenvalue weighted by Gasteiger charge is 2.12. The number of hydrogen-bond acceptors (Lipinski definition) is 3. The van der Waals surface area contributed by atoms with Crippen LogP contribution in [0.2, 0.25) is 5.02 Å². The molecule has 0 spiro atoms. The lowest BCUT2D eigenvalue weighted by atomic mass is 10.2. The van der Waals surface area contributed by atoms with E-state index < -0.39 is 17.3 Å². The third-order valence-electron chi connectivity index (χ3n) is 3.55. The van der Waals surface area contributed by atoms with Crippen LogP contribution in [0.25, 0.3) is 11.4 Å². The number of anilines is 1. The highest BCUT2D eigenvalue weighted by Crippen LogP contribution is 2.20. The molecule has 1 aromatic heterocycles. The van der Waals surface area contributed by atoms with Crippen molar-refractivity contribution in [2.75, 3.05) is 5.32 Å². The molecule has 0 saturated heterocycles. The summed E-state index contributed by atoms with van der Waals surface area (Å²) in [7, 11) is 0. The average Bonchev–Trinajstić information content (AvgIpc) is 2.60. The van der Waals surface area contributed by atoms with Gasteiger partial charge in [0.2, 0.25) is 5.91 Å². The van der Waals surface area contributed by atoms with E-state index in [4.69, 9.17) is 11.6 Å². The van der Waals surface area contributed by atoms with Crippen LogP contribution in [0.3, 0.4) is 0 Å². The predicted molar refractivity (Wildman–Crippen MR) is 102 cm³/mol. The number of nitrogens with zero attached hydrogens (tertiary/aromatic N) is 1. The Morgan fingerprint density at radius 3 is 2.62 bits per heavy atom. The Hall–Kier alpha value is -2.51. The molecule has 0 unspecified atom stereocenters. The lowest BCUT2D eigenvalue weighted by molar-refractivity contribution is -0.115. The fraction of sp³-hybridized carbons (Fsp3) is 0.0556. The molecular weight excluding hydrogens is 425 g/mol. The first-order valence-corrected chi connectivity index (χ1v) is 8.68. The van der Waals surface area contributed by atoms with Crippen LogP contribution in [-0.2, 0) is 11.2 Å². The zero-order valence-corrected chi connectivity index (χ0v) is 15.6. The second-order valence-corrected chi connectivity index (χ2v) is 6.79. The number of nitrogens with one attached hydrogen (secondary N) is 2. The van der Waals surface area contributed by atoms with E-state index in [0.29, 0.717) is 20.9 Å². The number of aromatic amines is 1. The van der Waals surface area contributed by atoms with Crippen molar-refractivity contribution in [1.82, 2.24) is 9.97 Å². The highest BCUT2D eigenvalue weighted by molar-refractivity contribution is 9.10. The number of benzene rings is 2. The first-order valence-electron chi connectivity index (χ1n) is 7.51. The summed E-state index contributed by atoms with van der Waals surface area (Å²) in [5.41, 5.74) is 0.480. The van der Waals surface area contributed by atoms with E-state index in [0.717, 1.165) is 0 Å². The lowest BCUT2D eigenvalue weighted by Gasteiger charge is -2.07. The minimum Gasteiger partial charge on any atom is -0.323 e. The molecule has 0 fully saturated rings. The Labute approximate surface area is 161 Å². The van der Waals surface area contributed by atoms with Crippen LogP contribution in [0.4, 0.5) is 10.1 Å². The van der Waals surface area contributed by atoms with Crippen molar-refractivity contribution in [3.05, 3.63) is 79.9 Å². The maximum atomic E-state index is 13.8. The van der Waals surface area contributed by atoms with Gasteiger partial charge in [-0.15, -0.1) is 0 Å². The van der Waals surface area contributed by atoms with Crippen LogP contribution in [0.5, 0.6) is 0 Å². The van der Waals surface area contributed by atoms with Gasteiger partial charge in [0.15, 0.2) is 0 Å². The second-order valence-electron chi connectivity index (χ2n) is 5.44. The van der Waals surface area contributed by atoms with Crippen molar-refractivity contribution in [3.8, 4) is 11.4 Å². The van der Waals surface area contributed by atoms with Gasteiger partial charge in [0.05, 0.1) is 12.1 Å². The third-order valence-corrected chi connectivity index (χ3v) is 4.29. The number of carbonyl (C=O) groups is 1. The van der Waals surface area contributed by atoms with Crippen molar-refractivity contribution in [1.29, 1.82) is 0 Å². The molecule has 2 aromatic carbocycles.